The van der Waals surface area contributed by atoms with Crippen molar-refractivity contribution in [1.82, 2.24) is 9.78 Å². The topological polar surface area (TPSA) is 38.0 Å². The Labute approximate surface area is 141 Å². The van der Waals surface area contributed by atoms with Crippen LogP contribution in [-0.4, -0.2) is 21.5 Å². The van der Waals surface area contributed by atoms with E-state index in [0.717, 1.165) is 5.56 Å². The van der Waals surface area contributed by atoms with Gasteiger partial charge in [-0.25, -0.2) is 0 Å². The van der Waals surface area contributed by atoms with Crippen molar-refractivity contribution in [3.05, 3.63) is 46.1 Å². The highest BCUT2D eigenvalue weighted by atomic mass is 35.5. The van der Waals surface area contributed by atoms with Gasteiger partial charge in [0.05, 0.1) is 5.03 Å². The van der Waals surface area contributed by atoms with Gasteiger partial charge in [0.1, 0.15) is 0 Å². The van der Waals surface area contributed by atoms with Crippen LogP contribution in [-0.2, 0) is 25.4 Å². The van der Waals surface area contributed by atoms with Crippen LogP contribution in [0.25, 0.3) is 0 Å². The molecule has 1 N–H and O–H groups in total. The van der Waals surface area contributed by atoms with Crippen LogP contribution >= 0.6 is 23.4 Å². The Bertz CT molecular complexity index is 673. The summed E-state index contributed by atoms with van der Waals surface area (Å²) < 4.78 is 40.6. The number of rotatable bonds is 6. The lowest BCUT2D eigenvalue weighted by atomic mass is 10.1. The maximum absolute atomic E-state index is 13.1. The lowest BCUT2D eigenvalue weighted by Gasteiger charge is -2.09. The summed E-state index contributed by atoms with van der Waals surface area (Å²) in [5, 5.41) is 13.6. The van der Waals surface area contributed by atoms with E-state index in [1.54, 1.807) is 12.1 Å². The quantitative estimate of drug-likeness (QED) is 0.776. The van der Waals surface area contributed by atoms with Gasteiger partial charge in [-0.15, -0.1) is 11.8 Å². The fraction of sp³-hybridized carbons (Fsp3) is 0.400. The van der Waals surface area contributed by atoms with Crippen molar-refractivity contribution >= 4 is 23.4 Å². The minimum atomic E-state index is -4.51. The van der Waals surface area contributed by atoms with Gasteiger partial charge in [-0.1, -0.05) is 29.8 Å². The highest BCUT2D eigenvalue weighted by molar-refractivity contribution is 7.98. The fourth-order valence-corrected chi connectivity index (χ4v) is 3.63. The van der Waals surface area contributed by atoms with Gasteiger partial charge in [0.15, 0.2) is 5.69 Å². The van der Waals surface area contributed by atoms with Crippen LogP contribution in [0.1, 0.15) is 23.2 Å². The van der Waals surface area contributed by atoms with Crippen LogP contribution in [0, 0.1) is 0 Å². The summed E-state index contributed by atoms with van der Waals surface area (Å²) in [6.45, 7) is -0.166. The highest BCUT2D eigenvalue weighted by Gasteiger charge is 2.38. The van der Waals surface area contributed by atoms with E-state index in [4.69, 9.17) is 16.7 Å². The number of halogens is 4. The maximum atomic E-state index is 13.1. The van der Waals surface area contributed by atoms with Crippen molar-refractivity contribution in [3.8, 4) is 0 Å². The predicted molar refractivity (Wildman–Crippen MR) is 84.6 cm³/mol. The number of nitrogens with zero attached hydrogens (tertiary/aromatic N) is 2. The predicted octanol–water partition coefficient (Wildman–Crippen LogP) is 4.31. The smallest absolute Gasteiger partial charge is 0.396 e. The molecule has 0 aliphatic rings. The van der Waals surface area contributed by atoms with E-state index in [2.05, 4.69) is 5.10 Å². The molecule has 1 heterocycles. The number of benzene rings is 1. The molecule has 8 heteroatoms. The van der Waals surface area contributed by atoms with Gasteiger partial charge in [0.2, 0.25) is 0 Å². The van der Waals surface area contributed by atoms with Crippen molar-refractivity contribution in [2.45, 2.75) is 29.8 Å². The minimum absolute atomic E-state index is 0.129. The van der Waals surface area contributed by atoms with E-state index in [1.807, 2.05) is 12.1 Å². The number of aryl methyl sites for hydroxylation is 1. The van der Waals surface area contributed by atoms with Crippen LogP contribution in [0.5, 0.6) is 0 Å². The first kappa shape index (κ1) is 18.2. The normalized spacial score (nSPS) is 11.9. The molecule has 3 nitrogen and oxygen atoms in total. The van der Waals surface area contributed by atoms with Crippen LogP contribution in [0.2, 0.25) is 5.02 Å². The van der Waals surface area contributed by atoms with E-state index in [0.29, 0.717) is 15.8 Å². The Morgan fingerprint density at radius 2 is 2.00 bits per heavy atom. The molecule has 0 spiro atoms. The second-order valence-electron chi connectivity index (χ2n) is 4.96. The van der Waals surface area contributed by atoms with Crippen molar-refractivity contribution in [2.24, 2.45) is 7.05 Å². The lowest BCUT2D eigenvalue weighted by molar-refractivity contribution is -0.142. The molecule has 0 aliphatic carbocycles. The Balaban J connectivity index is 2.30. The fourth-order valence-electron chi connectivity index (χ4n) is 2.20. The maximum Gasteiger partial charge on any atom is 0.435 e. The van der Waals surface area contributed by atoms with E-state index in [9.17, 15) is 13.2 Å². The second-order valence-corrected chi connectivity index (χ2v) is 6.33. The Hall–Kier alpha value is -1.18. The Kier molecular flexibility index (Phi) is 6.00. The zero-order chi connectivity index (χ0) is 17.0. The molecule has 0 unspecified atom stereocenters. The number of aliphatic hydroxyl groups is 1. The summed E-state index contributed by atoms with van der Waals surface area (Å²) in [6.07, 6.45) is -4.12. The molecule has 1 aromatic heterocycles. The first-order chi connectivity index (χ1) is 10.8. The number of aromatic nitrogens is 2. The van der Waals surface area contributed by atoms with Gasteiger partial charge in [0.25, 0.3) is 0 Å². The molecule has 126 valence electrons. The number of hydrogen-bond donors (Lipinski definition) is 1. The zero-order valence-electron chi connectivity index (χ0n) is 12.4. The number of alkyl halides is 3. The average Bonchev–Trinajstić information content (AvgIpc) is 2.80. The number of hydrogen-bond acceptors (Lipinski definition) is 3. The molecule has 0 radical (unpaired) electrons. The van der Waals surface area contributed by atoms with Crippen molar-refractivity contribution in [2.75, 3.05) is 6.61 Å². The van der Waals surface area contributed by atoms with Crippen LogP contribution in [0.3, 0.4) is 0 Å². The van der Waals surface area contributed by atoms with Crippen LogP contribution < -0.4 is 0 Å². The van der Waals surface area contributed by atoms with E-state index >= 15 is 0 Å². The summed E-state index contributed by atoms with van der Waals surface area (Å²) in [5.74, 6) is 0.447. The highest BCUT2D eigenvalue weighted by Crippen LogP contribution is 2.37. The van der Waals surface area contributed by atoms with Gasteiger partial charge >= 0.3 is 6.18 Å². The van der Waals surface area contributed by atoms with Gasteiger partial charge in [0, 0.05) is 30.0 Å². The van der Waals surface area contributed by atoms with Crippen LogP contribution in [0.4, 0.5) is 13.2 Å². The second kappa shape index (κ2) is 7.59. The monoisotopic (exact) mass is 364 g/mol. The molecule has 0 amide bonds. The van der Waals surface area contributed by atoms with Gasteiger partial charge in [-0.2, -0.15) is 18.3 Å². The van der Waals surface area contributed by atoms with E-state index < -0.39 is 11.9 Å². The number of aliphatic hydroxyl groups excluding tert-OH is 1. The molecule has 1 aromatic carbocycles. The Morgan fingerprint density at radius 3 is 2.61 bits per heavy atom. The lowest BCUT2D eigenvalue weighted by Crippen LogP contribution is -2.10. The summed E-state index contributed by atoms with van der Waals surface area (Å²) >= 11 is 7.35. The summed E-state index contributed by atoms with van der Waals surface area (Å²) in [4.78, 5) is 0. The molecule has 0 atom stereocenters. The molecule has 23 heavy (non-hydrogen) atoms. The standard InChI is InChI=1S/C15H16ClF3N2OS/c1-21-14(23-9-10-5-2-3-7-12(10)16)11(6-4-8-22)13(20-21)15(17,18)19/h2-3,5,7,22H,4,6,8-9H2,1H3. The molecular formula is C15H16ClF3N2OS. The summed E-state index contributed by atoms with van der Waals surface area (Å²) in [6, 6.07) is 7.21. The van der Waals surface area contributed by atoms with E-state index in [-0.39, 0.29) is 25.0 Å². The van der Waals surface area contributed by atoms with Gasteiger partial charge < -0.3 is 5.11 Å². The average molecular weight is 365 g/mol. The third-order valence-electron chi connectivity index (χ3n) is 3.26. The molecular weight excluding hydrogens is 349 g/mol. The van der Waals surface area contributed by atoms with Crippen molar-refractivity contribution in [3.63, 3.8) is 0 Å². The summed E-state index contributed by atoms with van der Waals surface area (Å²) in [7, 11) is 1.49. The SMILES string of the molecule is Cn1nc(C(F)(F)F)c(CCCO)c1SCc1ccccc1Cl. The summed E-state index contributed by atoms with van der Waals surface area (Å²) in [5.41, 5.74) is 0.100. The van der Waals surface area contributed by atoms with Crippen molar-refractivity contribution < 1.29 is 18.3 Å². The third kappa shape index (κ3) is 4.43. The largest absolute Gasteiger partial charge is 0.435 e. The molecule has 0 fully saturated rings. The molecule has 0 saturated carbocycles. The minimum Gasteiger partial charge on any atom is -0.396 e. The molecule has 0 saturated heterocycles. The molecule has 2 rings (SSSR count). The van der Waals surface area contributed by atoms with Crippen LogP contribution in [0.15, 0.2) is 29.3 Å². The van der Waals surface area contributed by atoms with Gasteiger partial charge in [-0.05, 0) is 24.5 Å². The first-order valence-corrected chi connectivity index (χ1v) is 8.31. The first-order valence-electron chi connectivity index (χ1n) is 6.94. The molecule has 0 bridgehead atoms. The number of thioether (sulfide) groups is 1. The molecule has 0 aliphatic heterocycles. The Morgan fingerprint density at radius 1 is 1.30 bits per heavy atom. The zero-order valence-corrected chi connectivity index (χ0v) is 14.0. The third-order valence-corrected chi connectivity index (χ3v) is 4.87. The van der Waals surface area contributed by atoms with E-state index in [1.165, 1.54) is 23.5 Å². The van der Waals surface area contributed by atoms with Crippen molar-refractivity contribution in [1.29, 1.82) is 0 Å². The van der Waals surface area contributed by atoms with Gasteiger partial charge in [-0.3, -0.25) is 4.68 Å². The molecule has 2 aromatic rings.